The topological polar surface area (TPSA) is 72.5 Å². The van der Waals surface area contributed by atoms with E-state index in [-0.39, 0.29) is 10.9 Å². The first-order valence-corrected chi connectivity index (χ1v) is 9.63. The van der Waals surface area contributed by atoms with Crippen molar-refractivity contribution in [2.24, 2.45) is 0 Å². The SMILES string of the molecule is CC(=O)Oc1cccc2cc(S(=O)(=O)NC(C)c3ccccc3)ccc12. The zero-order chi connectivity index (χ0) is 18.7. The fraction of sp³-hybridized carbons (Fsp3) is 0.150. The summed E-state index contributed by atoms with van der Waals surface area (Å²) < 4.78 is 33.3. The molecule has 3 aromatic carbocycles. The van der Waals surface area contributed by atoms with Gasteiger partial charge in [-0.2, -0.15) is 0 Å². The average molecular weight is 369 g/mol. The second-order valence-electron chi connectivity index (χ2n) is 5.99. The molecule has 3 rings (SSSR count). The Kier molecular flexibility index (Phi) is 5.06. The summed E-state index contributed by atoms with van der Waals surface area (Å²) in [5.41, 5.74) is 0.883. The van der Waals surface area contributed by atoms with E-state index in [0.29, 0.717) is 16.5 Å². The molecule has 0 amide bonds. The van der Waals surface area contributed by atoms with Crippen LogP contribution in [-0.4, -0.2) is 14.4 Å². The van der Waals surface area contributed by atoms with Crippen molar-refractivity contribution in [3.8, 4) is 5.75 Å². The number of esters is 1. The van der Waals surface area contributed by atoms with Crippen LogP contribution in [0.15, 0.2) is 71.6 Å². The summed E-state index contributed by atoms with van der Waals surface area (Å²) in [4.78, 5) is 11.4. The molecule has 3 aromatic rings. The second kappa shape index (κ2) is 7.27. The number of carbonyl (C=O) groups is 1. The van der Waals surface area contributed by atoms with Crippen LogP contribution in [0, 0.1) is 0 Å². The summed E-state index contributed by atoms with van der Waals surface area (Å²) in [7, 11) is -3.69. The monoisotopic (exact) mass is 369 g/mol. The lowest BCUT2D eigenvalue weighted by Gasteiger charge is -2.15. The molecule has 0 bridgehead atoms. The van der Waals surface area contributed by atoms with Crippen molar-refractivity contribution in [2.75, 3.05) is 0 Å². The zero-order valence-electron chi connectivity index (χ0n) is 14.5. The Bertz CT molecular complexity index is 1050. The molecule has 0 aromatic heterocycles. The van der Waals surface area contributed by atoms with Crippen LogP contribution in [0.4, 0.5) is 0 Å². The molecule has 0 spiro atoms. The van der Waals surface area contributed by atoms with Crippen molar-refractivity contribution in [3.05, 3.63) is 72.3 Å². The van der Waals surface area contributed by atoms with Crippen LogP contribution in [0.5, 0.6) is 5.75 Å². The number of carbonyl (C=O) groups excluding carboxylic acids is 1. The predicted molar refractivity (Wildman–Crippen MR) is 100 cm³/mol. The van der Waals surface area contributed by atoms with Crippen molar-refractivity contribution >= 4 is 26.8 Å². The summed E-state index contributed by atoms with van der Waals surface area (Å²) in [5.74, 6) is -0.0166. The molecule has 0 fully saturated rings. The van der Waals surface area contributed by atoms with E-state index < -0.39 is 16.0 Å². The zero-order valence-corrected chi connectivity index (χ0v) is 15.3. The predicted octanol–water partition coefficient (Wildman–Crippen LogP) is 3.80. The standard InChI is InChI=1S/C20H19NO4S/c1-14(16-7-4-3-5-8-16)21-26(23,24)18-11-12-19-17(13-18)9-6-10-20(19)25-15(2)22/h3-14,21H,1-2H3. The third-order valence-electron chi connectivity index (χ3n) is 4.01. The molecular formula is C20H19NO4S. The van der Waals surface area contributed by atoms with E-state index in [2.05, 4.69) is 4.72 Å². The van der Waals surface area contributed by atoms with Crippen molar-refractivity contribution in [1.82, 2.24) is 4.72 Å². The van der Waals surface area contributed by atoms with Crippen molar-refractivity contribution in [2.45, 2.75) is 24.8 Å². The number of sulfonamides is 1. The van der Waals surface area contributed by atoms with Crippen molar-refractivity contribution in [3.63, 3.8) is 0 Å². The molecule has 1 N–H and O–H groups in total. The van der Waals surface area contributed by atoms with Crippen LogP contribution in [0.2, 0.25) is 0 Å². The number of nitrogens with one attached hydrogen (secondary N) is 1. The Balaban J connectivity index is 1.93. The van der Waals surface area contributed by atoms with Gasteiger partial charge in [0.05, 0.1) is 4.90 Å². The molecule has 0 aliphatic carbocycles. The summed E-state index contributed by atoms with van der Waals surface area (Å²) in [5, 5.41) is 1.36. The molecule has 134 valence electrons. The van der Waals surface area contributed by atoms with Gasteiger partial charge in [0, 0.05) is 18.4 Å². The van der Waals surface area contributed by atoms with E-state index in [4.69, 9.17) is 4.74 Å². The Morgan fingerprint density at radius 1 is 1.00 bits per heavy atom. The summed E-state index contributed by atoms with van der Waals surface area (Å²) >= 11 is 0. The highest BCUT2D eigenvalue weighted by Crippen LogP contribution is 2.28. The molecule has 0 saturated carbocycles. The largest absolute Gasteiger partial charge is 0.426 e. The quantitative estimate of drug-likeness (QED) is 0.548. The van der Waals surface area contributed by atoms with Crippen molar-refractivity contribution < 1.29 is 17.9 Å². The molecule has 0 aliphatic rings. The molecule has 0 aliphatic heterocycles. The number of fused-ring (bicyclic) bond motifs is 1. The van der Waals surface area contributed by atoms with Gasteiger partial charge in [0.1, 0.15) is 5.75 Å². The van der Waals surface area contributed by atoms with E-state index in [0.717, 1.165) is 5.56 Å². The second-order valence-corrected chi connectivity index (χ2v) is 7.70. The van der Waals surface area contributed by atoms with E-state index in [9.17, 15) is 13.2 Å². The smallest absolute Gasteiger partial charge is 0.308 e. The Labute approximate surface area is 152 Å². The van der Waals surface area contributed by atoms with E-state index in [1.807, 2.05) is 30.3 Å². The minimum Gasteiger partial charge on any atom is -0.426 e. The van der Waals surface area contributed by atoms with Crippen molar-refractivity contribution in [1.29, 1.82) is 0 Å². The fourth-order valence-corrected chi connectivity index (χ4v) is 4.02. The maximum atomic E-state index is 12.7. The van der Waals surface area contributed by atoms with Crippen LogP contribution in [0.3, 0.4) is 0 Å². The van der Waals surface area contributed by atoms with Crippen LogP contribution in [0.1, 0.15) is 25.5 Å². The van der Waals surface area contributed by atoms with Gasteiger partial charge in [-0.15, -0.1) is 0 Å². The third kappa shape index (κ3) is 3.92. The van der Waals surface area contributed by atoms with Gasteiger partial charge >= 0.3 is 5.97 Å². The minimum atomic E-state index is -3.69. The Morgan fingerprint density at radius 2 is 1.73 bits per heavy atom. The number of benzene rings is 3. The summed E-state index contributed by atoms with van der Waals surface area (Å²) in [6, 6.07) is 18.9. The fourth-order valence-electron chi connectivity index (χ4n) is 2.75. The average Bonchev–Trinajstić information content (AvgIpc) is 2.61. The lowest BCUT2D eigenvalue weighted by Crippen LogP contribution is -2.26. The number of hydrogen-bond acceptors (Lipinski definition) is 4. The van der Waals surface area contributed by atoms with Crippen LogP contribution in [-0.2, 0) is 14.8 Å². The van der Waals surface area contributed by atoms with Crippen LogP contribution in [0.25, 0.3) is 10.8 Å². The number of hydrogen-bond donors (Lipinski definition) is 1. The molecule has 0 heterocycles. The maximum absolute atomic E-state index is 12.7. The highest BCUT2D eigenvalue weighted by molar-refractivity contribution is 7.89. The van der Waals surface area contributed by atoms with Gasteiger partial charge in [-0.1, -0.05) is 42.5 Å². The number of ether oxygens (including phenoxy) is 1. The van der Waals surface area contributed by atoms with Gasteiger partial charge in [-0.3, -0.25) is 4.79 Å². The summed E-state index contributed by atoms with van der Waals surface area (Å²) in [6.07, 6.45) is 0. The molecular weight excluding hydrogens is 350 g/mol. The summed E-state index contributed by atoms with van der Waals surface area (Å²) in [6.45, 7) is 3.12. The molecule has 1 atom stereocenters. The lowest BCUT2D eigenvalue weighted by atomic mass is 10.1. The lowest BCUT2D eigenvalue weighted by molar-refractivity contribution is -0.131. The van der Waals surface area contributed by atoms with Gasteiger partial charge in [0.25, 0.3) is 0 Å². The Hall–Kier alpha value is -2.70. The van der Waals surface area contributed by atoms with Gasteiger partial charge in [0.2, 0.25) is 10.0 Å². The maximum Gasteiger partial charge on any atom is 0.308 e. The van der Waals surface area contributed by atoms with Gasteiger partial charge in [-0.25, -0.2) is 13.1 Å². The molecule has 5 nitrogen and oxygen atoms in total. The first-order chi connectivity index (χ1) is 12.4. The minimum absolute atomic E-state index is 0.160. The molecule has 0 saturated heterocycles. The van der Waals surface area contributed by atoms with Crippen LogP contribution >= 0.6 is 0 Å². The molecule has 26 heavy (non-hydrogen) atoms. The van der Waals surface area contributed by atoms with Crippen LogP contribution < -0.4 is 9.46 Å². The molecule has 1 unspecified atom stereocenters. The van der Waals surface area contributed by atoms with E-state index in [1.54, 1.807) is 37.3 Å². The highest BCUT2D eigenvalue weighted by atomic mass is 32.2. The van der Waals surface area contributed by atoms with Gasteiger partial charge < -0.3 is 4.74 Å². The third-order valence-corrected chi connectivity index (χ3v) is 5.55. The highest BCUT2D eigenvalue weighted by Gasteiger charge is 2.19. The molecule has 0 radical (unpaired) electrons. The van der Waals surface area contributed by atoms with Gasteiger partial charge in [-0.05, 0) is 42.1 Å². The van der Waals surface area contributed by atoms with E-state index in [1.165, 1.54) is 13.0 Å². The number of rotatable bonds is 5. The van der Waals surface area contributed by atoms with Gasteiger partial charge in [0.15, 0.2) is 0 Å². The molecule has 6 heteroatoms. The first-order valence-electron chi connectivity index (χ1n) is 8.15. The first kappa shape index (κ1) is 18.1. The Morgan fingerprint density at radius 3 is 2.42 bits per heavy atom. The normalized spacial score (nSPS) is 12.7. The van der Waals surface area contributed by atoms with E-state index >= 15 is 0 Å².